The molecule has 0 spiro atoms. The highest BCUT2D eigenvalue weighted by atomic mass is 15.3. The van der Waals surface area contributed by atoms with Gasteiger partial charge in [0.15, 0.2) is 5.82 Å². The Morgan fingerprint density at radius 1 is 1.23 bits per heavy atom. The van der Waals surface area contributed by atoms with Crippen molar-refractivity contribution in [3.8, 4) is 6.07 Å². The number of nitriles is 1. The van der Waals surface area contributed by atoms with Crippen molar-refractivity contribution in [2.24, 2.45) is 5.92 Å². The van der Waals surface area contributed by atoms with Gasteiger partial charge >= 0.3 is 0 Å². The first-order valence-electron chi connectivity index (χ1n) is 8.08. The zero-order valence-electron chi connectivity index (χ0n) is 13.4. The van der Waals surface area contributed by atoms with Gasteiger partial charge in [-0.25, -0.2) is 4.98 Å². The second kappa shape index (κ2) is 8.33. The lowest BCUT2D eigenvalue weighted by atomic mass is 10.0. The molecule has 0 saturated heterocycles. The summed E-state index contributed by atoms with van der Waals surface area (Å²) in [5.41, 5.74) is 1.21. The maximum Gasteiger partial charge on any atom is 0.157 e. The zero-order chi connectivity index (χ0) is 15.8. The third-order valence-corrected chi connectivity index (χ3v) is 3.99. The van der Waals surface area contributed by atoms with Gasteiger partial charge in [-0.1, -0.05) is 63.4 Å². The summed E-state index contributed by atoms with van der Waals surface area (Å²) < 4.78 is 1.81. The van der Waals surface area contributed by atoms with Gasteiger partial charge < -0.3 is 0 Å². The molecule has 0 aliphatic rings. The molecule has 0 N–H and O–H groups in total. The average molecular weight is 296 g/mol. The molecule has 2 rings (SSSR count). The van der Waals surface area contributed by atoms with E-state index in [1.165, 1.54) is 18.4 Å². The highest BCUT2D eigenvalue weighted by Gasteiger charge is 2.15. The molecule has 0 aliphatic heterocycles. The molecule has 1 heterocycles. The van der Waals surface area contributed by atoms with Crippen molar-refractivity contribution in [1.82, 2.24) is 14.8 Å². The lowest BCUT2D eigenvalue weighted by Gasteiger charge is -2.09. The van der Waals surface area contributed by atoms with E-state index in [0.717, 1.165) is 18.7 Å². The van der Waals surface area contributed by atoms with Crippen LogP contribution in [0.3, 0.4) is 0 Å². The quantitative estimate of drug-likeness (QED) is 0.688. The minimum absolute atomic E-state index is 0.0214. The third-order valence-electron chi connectivity index (χ3n) is 3.99. The van der Waals surface area contributed by atoms with Crippen LogP contribution in [0.15, 0.2) is 36.7 Å². The van der Waals surface area contributed by atoms with E-state index < -0.39 is 0 Å². The molecule has 0 fully saturated rings. The molecule has 4 nitrogen and oxygen atoms in total. The van der Waals surface area contributed by atoms with Crippen LogP contribution in [-0.2, 0) is 6.54 Å². The molecule has 116 valence electrons. The predicted octanol–water partition coefficient (Wildman–Crippen LogP) is 4.15. The van der Waals surface area contributed by atoms with Gasteiger partial charge in [0.1, 0.15) is 6.33 Å². The summed E-state index contributed by atoms with van der Waals surface area (Å²) in [5, 5.41) is 13.8. The summed E-state index contributed by atoms with van der Waals surface area (Å²) in [4.78, 5) is 4.42. The van der Waals surface area contributed by atoms with Gasteiger partial charge in [0, 0.05) is 5.92 Å². The Morgan fingerprint density at radius 2 is 2.00 bits per heavy atom. The molecular formula is C18H24N4. The third kappa shape index (κ3) is 4.42. The molecule has 1 aromatic carbocycles. The minimum Gasteiger partial charge on any atom is -0.251 e. The van der Waals surface area contributed by atoms with E-state index in [1.54, 1.807) is 6.33 Å². The van der Waals surface area contributed by atoms with Crippen molar-refractivity contribution < 1.29 is 0 Å². The first kappa shape index (κ1) is 16.2. The molecule has 1 aromatic heterocycles. The van der Waals surface area contributed by atoms with Gasteiger partial charge in [-0.2, -0.15) is 10.4 Å². The Hall–Kier alpha value is -2.15. The van der Waals surface area contributed by atoms with Crippen LogP contribution in [-0.4, -0.2) is 14.8 Å². The number of hydrogen-bond donors (Lipinski definition) is 0. The molecule has 0 saturated carbocycles. The van der Waals surface area contributed by atoms with E-state index in [2.05, 4.69) is 42.1 Å². The van der Waals surface area contributed by atoms with E-state index in [1.807, 2.05) is 22.9 Å². The SMILES string of the molecule is CCCCCC(C#N)Cn1cnc(C(C)c2ccccc2)n1. The lowest BCUT2D eigenvalue weighted by molar-refractivity contribution is 0.449. The molecule has 2 unspecified atom stereocenters. The monoisotopic (exact) mass is 296 g/mol. The summed E-state index contributed by atoms with van der Waals surface area (Å²) in [6.07, 6.45) is 6.16. The molecule has 0 bridgehead atoms. The summed E-state index contributed by atoms with van der Waals surface area (Å²) >= 11 is 0. The maximum absolute atomic E-state index is 9.27. The van der Waals surface area contributed by atoms with Gasteiger partial charge in [0.05, 0.1) is 18.5 Å². The molecule has 4 heteroatoms. The number of benzene rings is 1. The van der Waals surface area contributed by atoms with E-state index in [-0.39, 0.29) is 11.8 Å². The molecule has 0 amide bonds. The van der Waals surface area contributed by atoms with Gasteiger partial charge in [0.25, 0.3) is 0 Å². The second-order valence-corrected chi connectivity index (χ2v) is 5.78. The van der Waals surface area contributed by atoms with Gasteiger partial charge in [-0.15, -0.1) is 0 Å². The Balaban J connectivity index is 1.97. The fourth-order valence-electron chi connectivity index (χ4n) is 2.55. The highest BCUT2D eigenvalue weighted by Crippen LogP contribution is 2.20. The van der Waals surface area contributed by atoms with Crippen molar-refractivity contribution in [2.75, 3.05) is 0 Å². The summed E-state index contributed by atoms with van der Waals surface area (Å²) in [6, 6.07) is 12.6. The number of nitrogens with zero attached hydrogens (tertiary/aromatic N) is 4. The normalized spacial score (nSPS) is 13.5. The lowest BCUT2D eigenvalue weighted by Crippen LogP contribution is -2.10. The van der Waals surface area contributed by atoms with Gasteiger partial charge in [-0.3, -0.25) is 4.68 Å². The minimum atomic E-state index is 0.0214. The molecule has 2 aromatic rings. The van der Waals surface area contributed by atoms with Crippen LogP contribution >= 0.6 is 0 Å². The average Bonchev–Trinajstić information content (AvgIpc) is 3.02. The number of aromatic nitrogens is 3. The Bertz CT molecular complexity index is 597. The van der Waals surface area contributed by atoms with Crippen LogP contribution in [0.25, 0.3) is 0 Å². The first-order chi connectivity index (χ1) is 10.7. The maximum atomic E-state index is 9.27. The largest absolute Gasteiger partial charge is 0.251 e. The molecule has 22 heavy (non-hydrogen) atoms. The van der Waals surface area contributed by atoms with Crippen LogP contribution in [0.1, 0.15) is 56.8 Å². The second-order valence-electron chi connectivity index (χ2n) is 5.78. The van der Waals surface area contributed by atoms with E-state index in [4.69, 9.17) is 0 Å². The van der Waals surface area contributed by atoms with Crippen molar-refractivity contribution in [2.45, 2.75) is 52.0 Å². The predicted molar refractivity (Wildman–Crippen MR) is 87.2 cm³/mol. The van der Waals surface area contributed by atoms with E-state index >= 15 is 0 Å². The van der Waals surface area contributed by atoms with Crippen LogP contribution in [0, 0.1) is 17.2 Å². The molecular weight excluding hydrogens is 272 g/mol. The van der Waals surface area contributed by atoms with Crippen LogP contribution in [0.2, 0.25) is 0 Å². The fourth-order valence-corrected chi connectivity index (χ4v) is 2.55. The van der Waals surface area contributed by atoms with Gasteiger partial charge in [0.2, 0.25) is 0 Å². The summed E-state index contributed by atoms with van der Waals surface area (Å²) in [7, 11) is 0. The number of unbranched alkanes of at least 4 members (excludes halogenated alkanes) is 2. The smallest absolute Gasteiger partial charge is 0.157 e. The molecule has 2 atom stereocenters. The van der Waals surface area contributed by atoms with Crippen LogP contribution in [0.4, 0.5) is 0 Å². The van der Waals surface area contributed by atoms with Crippen LogP contribution < -0.4 is 0 Å². The van der Waals surface area contributed by atoms with Crippen molar-refractivity contribution >= 4 is 0 Å². The Morgan fingerprint density at radius 3 is 2.68 bits per heavy atom. The standard InChI is InChI=1S/C18H24N4/c1-3-4-6-9-16(12-19)13-22-14-20-18(21-22)15(2)17-10-7-5-8-11-17/h5,7-8,10-11,14-16H,3-4,6,9,13H2,1-2H3. The van der Waals surface area contributed by atoms with Crippen molar-refractivity contribution in [3.63, 3.8) is 0 Å². The Labute approximate surface area is 132 Å². The fraction of sp³-hybridized carbons (Fsp3) is 0.500. The van der Waals surface area contributed by atoms with Gasteiger partial charge in [-0.05, 0) is 12.0 Å². The van der Waals surface area contributed by atoms with Crippen molar-refractivity contribution in [1.29, 1.82) is 5.26 Å². The zero-order valence-corrected chi connectivity index (χ0v) is 13.4. The highest BCUT2D eigenvalue weighted by molar-refractivity contribution is 5.23. The number of rotatable bonds is 8. The Kier molecular flexibility index (Phi) is 6.14. The molecule has 0 aliphatic carbocycles. The molecule has 0 radical (unpaired) electrons. The van der Waals surface area contributed by atoms with E-state index in [9.17, 15) is 5.26 Å². The van der Waals surface area contributed by atoms with Crippen molar-refractivity contribution in [3.05, 3.63) is 48.0 Å². The van der Waals surface area contributed by atoms with Crippen LogP contribution in [0.5, 0.6) is 0 Å². The summed E-state index contributed by atoms with van der Waals surface area (Å²) in [5.74, 6) is 1.01. The first-order valence-corrected chi connectivity index (χ1v) is 8.08. The summed E-state index contributed by atoms with van der Waals surface area (Å²) in [6.45, 7) is 4.92. The topological polar surface area (TPSA) is 54.5 Å². The number of hydrogen-bond acceptors (Lipinski definition) is 3. The van der Waals surface area contributed by atoms with E-state index in [0.29, 0.717) is 6.54 Å².